The normalized spacial score (nSPS) is 10.8. The number of para-hydroxylation sites is 1. The number of ether oxygens (including phenoxy) is 1. The zero-order chi connectivity index (χ0) is 17.1. The summed E-state index contributed by atoms with van der Waals surface area (Å²) in [4.78, 5) is 0. The number of hydrogen-bond acceptors (Lipinski definition) is 3. The summed E-state index contributed by atoms with van der Waals surface area (Å²) in [5.74, 6) is 0.836. The number of nitrogens with two attached hydrogens (primary N) is 1. The summed E-state index contributed by atoms with van der Waals surface area (Å²) in [6.45, 7) is 4.82. The lowest BCUT2D eigenvalue weighted by molar-refractivity contribution is 0.416. The Labute approximate surface area is 142 Å². The van der Waals surface area contributed by atoms with Crippen LogP contribution >= 0.6 is 0 Å². The molecule has 4 nitrogen and oxygen atoms in total. The Bertz CT molecular complexity index is 852. The maximum absolute atomic E-state index is 5.73. The van der Waals surface area contributed by atoms with E-state index in [1.165, 1.54) is 11.1 Å². The summed E-state index contributed by atoms with van der Waals surface area (Å²) in [7, 11) is 1.69. The monoisotopic (exact) mass is 321 g/mol. The molecular formula is C20H23N3O. The number of aromatic nitrogens is 2. The molecule has 0 spiro atoms. The van der Waals surface area contributed by atoms with Crippen LogP contribution in [0.2, 0.25) is 0 Å². The van der Waals surface area contributed by atoms with Crippen LogP contribution < -0.4 is 10.5 Å². The minimum absolute atomic E-state index is 0.579. The molecule has 0 bridgehead atoms. The number of rotatable bonds is 5. The second kappa shape index (κ2) is 6.89. The average molecular weight is 321 g/mol. The van der Waals surface area contributed by atoms with Crippen molar-refractivity contribution in [2.75, 3.05) is 13.7 Å². The highest BCUT2D eigenvalue weighted by Gasteiger charge is 2.16. The summed E-state index contributed by atoms with van der Waals surface area (Å²) >= 11 is 0. The topological polar surface area (TPSA) is 53.1 Å². The molecule has 3 aromatic rings. The first-order valence-electron chi connectivity index (χ1n) is 8.14. The number of nitrogens with zero attached hydrogens (tertiary/aromatic N) is 2. The Morgan fingerprint density at radius 2 is 1.88 bits per heavy atom. The lowest BCUT2D eigenvalue weighted by Crippen LogP contribution is -2.06. The van der Waals surface area contributed by atoms with Gasteiger partial charge in [0.15, 0.2) is 0 Å². The molecule has 0 saturated carbocycles. The van der Waals surface area contributed by atoms with Crippen LogP contribution in [-0.4, -0.2) is 23.4 Å². The van der Waals surface area contributed by atoms with E-state index in [0.717, 1.165) is 34.8 Å². The van der Waals surface area contributed by atoms with Gasteiger partial charge in [0.05, 0.1) is 24.2 Å². The molecule has 0 aliphatic rings. The molecule has 24 heavy (non-hydrogen) atoms. The molecular weight excluding hydrogens is 298 g/mol. The van der Waals surface area contributed by atoms with Gasteiger partial charge >= 0.3 is 0 Å². The van der Waals surface area contributed by atoms with E-state index in [-0.39, 0.29) is 0 Å². The van der Waals surface area contributed by atoms with Crippen molar-refractivity contribution in [2.45, 2.75) is 20.3 Å². The number of hydrogen-bond donors (Lipinski definition) is 1. The zero-order valence-electron chi connectivity index (χ0n) is 14.4. The molecule has 0 aliphatic carbocycles. The molecule has 2 N–H and O–H groups in total. The first kappa shape index (κ1) is 16.3. The molecule has 0 saturated heterocycles. The van der Waals surface area contributed by atoms with Crippen LogP contribution in [0.4, 0.5) is 0 Å². The van der Waals surface area contributed by atoms with Crippen LogP contribution in [-0.2, 0) is 6.42 Å². The molecule has 0 aliphatic heterocycles. The first-order valence-corrected chi connectivity index (χ1v) is 8.14. The van der Waals surface area contributed by atoms with Crippen molar-refractivity contribution in [1.29, 1.82) is 0 Å². The van der Waals surface area contributed by atoms with Crippen LogP contribution in [0.3, 0.4) is 0 Å². The smallest absolute Gasteiger partial charge is 0.128 e. The van der Waals surface area contributed by atoms with E-state index in [1.54, 1.807) is 7.11 Å². The molecule has 0 radical (unpaired) electrons. The van der Waals surface area contributed by atoms with Crippen molar-refractivity contribution in [1.82, 2.24) is 9.78 Å². The second-order valence-electron chi connectivity index (χ2n) is 5.89. The van der Waals surface area contributed by atoms with Crippen LogP contribution in [0.5, 0.6) is 5.75 Å². The molecule has 0 unspecified atom stereocenters. The number of benzene rings is 2. The molecule has 0 atom stereocenters. The molecule has 1 heterocycles. The Hall–Kier alpha value is -2.59. The molecule has 3 rings (SSSR count). The van der Waals surface area contributed by atoms with Gasteiger partial charge in [-0.15, -0.1) is 0 Å². The van der Waals surface area contributed by atoms with E-state index >= 15 is 0 Å². The van der Waals surface area contributed by atoms with E-state index in [4.69, 9.17) is 15.6 Å². The maximum atomic E-state index is 5.73. The van der Waals surface area contributed by atoms with E-state index in [9.17, 15) is 0 Å². The second-order valence-corrected chi connectivity index (χ2v) is 5.89. The maximum Gasteiger partial charge on any atom is 0.128 e. The minimum atomic E-state index is 0.579. The van der Waals surface area contributed by atoms with Gasteiger partial charge in [-0.05, 0) is 55.8 Å². The largest absolute Gasteiger partial charge is 0.496 e. The SMILES string of the molecule is COc1ccccc1-c1cc(CCN)nn1-c1cccc(C)c1C. The zero-order valence-corrected chi connectivity index (χ0v) is 14.4. The average Bonchev–Trinajstić information content (AvgIpc) is 3.01. The number of aryl methyl sites for hydroxylation is 1. The Morgan fingerprint density at radius 1 is 1.08 bits per heavy atom. The fourth-order valence-corrected chi connectivity index (χ4v) is 2.90. The standard InChI is InChI=1S/C20H23N3O/c1-14-7-6-9-18(15(14)2)23-19(13-16(22-23)11-12-21)17-8-4-5-10-20(17)24-3/h4-10,13H,11-12,21H2,1-3H3. The first-order chi connectivity index (χ1) is 11.7. The van der Waals surface area contributed by atoms with E-state index in [0.29, 0.717) is 6.54 Å². The molecule has 4 heteroatoms. The van der Waals surface area contributed by atoms with Crippen LogP contribution in [0.25, 0.3) is 16.9 Å². The van der Waals surface area contributed by atoms with Gasteiger partial charge in [0.1, 0.15) is 5.75 Å². The highest BCUT2D eigenvalue weighted by Crippen LogP contribution is 2.33. The van der Waals surface area contributed by atoms with Crippen molar-refractivity contribution in [3.05, 3.63) is 65.4 Å². The van der Waals surface area contributed by atoms with E-state index < -0.39 is 0 Å². The third-order valence-corrected chi connectivity index (χ3v) is 4.35. The summed E-state index contributed by atoms with van der Waals surface area (Å²) in [6, 6.07) is 16.4. The summed E-state index contributed by atoms with van der Waals surface area (Å²) in [5.41, 5.74) is 12.3. The van der Waals surface area contributed by atoms with Crippen molar-refractivity contribution in [3.63, 3.8) is 0 Å². The summed E-state index contributed by atoms with van der Waals surface area (Å²) in [6.07, 6.45) is 0.750. The Kier molecular flexibility index (Phi) is 4.67. The van der Waals surface area contributed by atoms with Crippen LogP contribution in [0, 0.1) is 13.8 Å². The molecule has 0 fully saturated rings. The van der Waals surface area contributed by atoms with Crippen molar-refractivity contribution in [3.8, 4) is 22.7 Å². The van der Waals surface area contributed by atoms with Crippen molar-refractivity contribution in [2.24, 2.45) is 5.73 Å². The number of methoxy groups -OCH3 is 1. The fraction of sp³-hybridized carbons (Fsp3) is 0.250. The molecule has 124 valence electrons. The van der Waals surface area contributed by atoms with Gasteiger partial charge in [-0.3, -0.25) is 0 Å². The third kappa shape index (κ3) is 2.93. The molecule has 2 aromatic carbocycles. The molecule has 0 amide bonds. The quantitative estimate of drug-likeness (QED) is 0.780. The third-order valence-electron chi connectivity index (χ3n) is 4.35. The van der Waals surface area contributed by atoms with Gasteiger partial charge in [-0.25, -0.2) is 4.68 Å². The van der Waals surface area contributed by atoms with Crippen LogP contribution in [0.1, 0.15) is 16.8 Å². The van der Waals surface area contributed by atoms with Gasteiger partial charge in [0.2, 0.25) is 0 Å². The summed E-state index contributed by atoms with van der Waals surface area (Å²) in [5, 5.41) is 4.81. The lowest BCUT2D eigenvalue weighted by atomic mass is 10.1. The Morgan fingerprint density at radius 3 is 2.62 bits per heavy atom. The van der Waals surface area contributed by atoms with Gasteiger partial charge < -0.3 is 10.5 Å². The van der Waals surface area contributed by atoms with E-state index in [2.05, 4.69) is 44.2 Å². The van der Waals surface area contributed by atoms with Gasteiger partial charge in [-0.2, -0.15) is 5.10 Å². The highest BCUT2D eigenvalue weighted by atomic mass is 16.5. The van der Waals surface area contributed by atoms with Crippen molar-refractivity contribution < 1.29 is 4.74 Å². The fourth-order valence-electron chi connectivity index (χ4n) is 2.90. The highest BCUT2D eigenvalue weighted by molar-refractivity contribution is 5.70. The molecule has 1 aromatic heterocycles. The van der Waals surface area contributed by atoms with Gasteiger partial charge in [0, 0.05) is 12.0 Å². The minimum Gasteiger partial charge on any atom is -0.496 e. The Balaban J connectivity index is 2.24. The van der Waals surface area contributed by atoms with E-state index in [1.807, 2.05) is 22.9 Å². The van der Waals surface area contributed by atoms with Crippen molar-refractivity contribution >= 4 is 0 Å². The lowest BCUT2D eigenvalue weighted by Gasteiger charge is -2.14. The van der Waals surface area contributed by atoms with Gasteiger partial charge in [-0.1, -0.05) is 24.3 Å². The summed E-state index contributed by atoms with van der Waals surface area (Å²) < 4.78 is 7.55. The predicted octanol–water partition coefficient (Wildman–Crippen LogP) is 3.67. The van der Waals surface area contributed by atoms with Gasteiger partial charge in [0.25, 0.3) is 0 Å². The predicted molar refractivity (Wildman–Crippen MR) is 97.8 cm³/mol. The van der Waals surface area contributed by atoms with Crippen LogP contribution in [0.15, 0.2) is 48.5 Å².